The highest BCUT2D eigenvalue weighted by atomic mass is 32.1. The topological polar surface area (TPSA) is 66.8 Å². The molecule has 1 N–H and O–H groups in total. The van der Waals surface area contributed by atoms with Crippen molar-refractivity contribution in [3.05, 3.63) is 70.6 Å². The van der Waals surface area contributed by atoms with Crippen molar-refractivity contribution >= 4 is 28.6 Å². The number of ether oxygens (including phenoxy) is 1. The summed E-state index contributed by atoms with van der Waals surface area (Å²) in [6, 6.07) is 17.6. The monoisotopic (exact) mass is 420 g/mol. The molecule has 1 aromatic heterocycles. The summed E-state index contributed by atoms with van der Waals surface area (Å²) in [5, 5.41) is 5.15. The molecule has 4 rings (SSSR count). The summed E-state index contributed by atoms with van der Waals surface area (Å²) in [6.45, 7) is 5.14. The molecule has 0 spiro atoms. The summed E-state index contributed by atoms with van der Waals surface area (Å²) in [4.78, 5) is 20.4. The maximum Gasteiger partial charge on any atom is 0.271 e. The molecule has 154 valence electrons. The number of aromatic nitrogens is 1. The molecule has 1 aliphatic heterocycles. The number of amides is 1. The van der Waals surface area contributed by atoms with Gasteiger partial charge < -0.3 is 9.64 Å². The summed E-state index contributed by atoms with van der Waals surface area (Å²) in [5.41, 5.74) is 6.31. The van der Waals surface area contributed by atoms with E-state index in [1.54, 1.807) is 17.6 Å². The van der Waals surface area contributed by atoms with Crippen molar-refractivity contribution in [3.63, 3.8) is 0 Å². The Bertz CT molecular complexity index is 1010. The molecule has 1 amide bonds. The molecule has 0 bridgehead atoms. The number of anilines is 1. The number of nitrogens with zero attached hydrogens (tertiary/aromatic N) is 3. The number of carbonyl (C=O) groups excluding carboxylic acids is 1. The van der Waals surface area contributed by atoms with Crippen molar-refractivity contribution < 1.29 is 9.53 Å². The van der Waals surface area contributed by atoms with Crippen LogP contribution in [0.4, 0.5) is 5.13 Å². The first-order valence-corrected chi connectivity index (χ1v) is 10.9. The van der Waals surface area contributed by atoms with Gasteiger partial charge in [0.1, 0.15) is 0 Å². The molecule has 0 aliphatic carbocycles. The van der Waals surface area contributed by atoms with Crippen molar-refractivity contribution in [3.8, 4) is 11.3 Å². The third kappa shape index (κ3) is 4.75. The largest absolute Gasteiger partial charge is 0.378 e. The minimum absolute atomic E-state index is 0.229. The maximum atomic E-state index is 12.4. The molecule has 6 nitrogen and oxygen atoms in total. The average Bonchev–Trinajstić information content (AvgIpc) is 3.24. The van der Waals surface area contributed by atoms with E-state index in [1.807, 2.05) is 54.6 Å². The standard InChI is InChI=1S/C23H24N4O2S/c1-2-17-8-10-19(11-9-17)22(28)26-24-16-20-21(18-6-4-3-5-7-18)25-23(30-20)27-12-14-29-15-13-27/h3-11,16H,2,12-15H2,1H3,(H,26,28)/b24-16-. The minimum atomic E-state index is -0.229. The van der Waals surface area contributed by atoms with E-state index in [0.29, 0.717) is 18.8 Å². The summed E-state index contributed by atoms with van der Waals surface area (Å²) < 4.78 is 5.45. The SMILES string of the molecule is CCc1ccc(C(=O)N/N=C\c2sc(N3CCOCC3)nc2-c2ccccc2)cc1. The van der Waals surface area contributed by atoms with E-state index in [2.05, 4.69) is 22.4 Å². The molecule has 30 heavy (non-hydrogen) atoms. The lowest BCUT2D eigenvalue weighted by Gasteiger charge is -2.26. The van der Waals surface area contributed by atoms with Crippen molar-refractivity contribution in [1.82, 2.24) is 10.4 Å². The summed E-state index contributed by atoms with van der Waals surface area (Å²) in [7, 11) is 0. The summed E-state index contributed by atoms with van der Waals surface area (Å²) >= 11 is 1.57. The molecule has 3 aromatic rings. The molecular formula is C23H24N4O2S. The zero-order valence-electron chi connectivity index (χ0n) is 16.9. The number of hydrogen-bond acceptors (Lipinski definition) is 6. The maximum absolute atomic E-state index is 12.4. The Morgan fingerprint density at radius 2 is 1.90 bits per heavy atom. The number of benzene rings is 2. The van der Waals surface area contributed by atoms with Crippen LogP contribution in [0, 0.1) is 0 Å². The minimum Gasteiger partial charge on any atom is -0.378 e. The quantitative estimate of drug-likeness (QED) is 0.484. The Hall–Kier alpha value is -3.03. The second-order valence-corrected chi connectivity index (χ2v) is 7.93. The van der Waals surface area contributed by atoms with Gasteiger partial charge in [-0.15, -0.1) is 0 Å². The molecule has 0 radical (unpaired) electrons. The summed E-state index contributed by atoms with van der Waals surface area (Å²) in [5.74, 6) is -0.229. The lowest BCUT2D eigenvalue weighted by atomic mass is 10.1. The second-order valence-electron chi connectivity index (χ2n) is 6.92. The van der Waals surface area contributed by atoms with E-state index in [9.17, 15) is 4.79 Å². The molecule has 2 aromatic carbocycles. The second kappa shape index (κ2) is 9.65. The van der Waals surface area contributed by atoms with Crippen LogP contribution in [0.5, 0.6) is 0 Å². The lowest BCUT2D eigenvalue weighted by Crippen LogP contribution is -2.36. The van der Waals surface area contributed by atoms with Crippen molar-refractivity contribution in [2.75, 3.05) is 31.2 Å². The highest BCUT2D eigenvalue weighted by molar-refractivity contribution is 7.17. The van der Waals surface area contributed by atoms with Gasteiger partial charge in [-0.05, 0) is 24.1 Å². The molecule has 1 fully saturated rings. The van der Waals surface area contributed by atoms with E-state index in [1.165, 1.54) is 5.56 Å². The van der Waals surface area contributed by atoms with Crippen LogP contribution in [0.2, 0.25) is 0 Å². The van der Waals surface area contributed by atoms with Gasteiger partial charge in [-0.3, -0.25) is 4.79 Å². The van der Waals surface area contributed by atoms with Gasteiger partial charge in [-0.2, -0.15) is 5.10 Å². The highest BCUT2D eigenvalue weighted by Crippen LogP contribution is 2.32. The normalized spacial score (nSPS) is 14.2. The van der Waals surface area contributed by atoms with Crippen molar-refractivity contribution in [2.24, 2.45) is 5.10 Å². The van der Waals surface area contributed by atoms with E-state index >= 15 is 0 Å². The zero-order chi connectivity index (χ0) is 20.8. The number of morpholine rings is 1. The van der Waals surface area contributed by atoms with Crippen LogP contribution in [0.25, 0.3) is 11.3 Å². The number of hydrogen-bond donors (Lipinski definition) is 1. The van der Waals surface area contributed by atoms with Crippen LogP contribution in [0.15, 0.2) is 59.7 Å². The van der Waals surface area contributed by atoms with Crippen LogP contribution in [-0.4, -0.2) is 43.4 Å². The van der Waals surface area contributed by atoms with Crippen LogP contribution >= 0.6 is 11.3 Å². The van der Waals surface area contributed by atoms with E-state index in [4.69, 9.17) is 9.72 Å². The Morgan fingerprint density at radius 3 is 2.60 bits per heavy atom. The Morgan fingerprint density at radius 1 is 1.17 bits per heavy atom. The fourth-order valence-electron chi connectivity index (χ4n) is 3.21. The molecule has 1 aliphatic rings. The van der Waals surface area contributed by atoms with Gasteiger partial charge in [0, 0.05) is 24.2 Å². The number of aryl methyl sites for hydroxylation is 1. The average molecular weight is 421 g/mol. The third-order valence-electron chi connectivity index (χ3n) is 4.94. The number of carbonyl (C=O) groups is 1. The molecular weight excluding hydrogens is 396 g/mol. The first-order chi connectivity index (χ1) is 14.7. The van der Waals surface area contributed by atoms with E-state index in [0.717, 1.165) is 40.8 Å². The molecule has 1 saturated heterocycles. The molecule has 0 unspecified atom stereocenters. The Labute approximate surface area is 180 Å². The van der Waals surface area contributed by atoms with Crippen LogP contribution in [0.1, 0.15) is 27.7 Å². The van der Waals surface area contributed by atoms with Crippen LogP contribution in [-0.2, 0) is 11.2 Å². The van der Waals surface area contributed by atoms with Gasteiger partial charge >= 0.3 is 0 Å². The van der Waals surface area contributed by atoms with Gasteiger partial charge in [0.25, 0.3) is 5.91 Å². The van der Waals surface area contributed by atoms with E-state index in [-0.39, 0.29) is 5.91 Å². The molecule has 0 atom stereocenters. The highest BCUT2D eigenvalue weighted by Gasteiger charge is 2.18. The number of hydrazone groups is 1. The van der Waals surface area contributed by atoms with Crippen molar-refractivity contribution in [2.45, 2.75) is 13.3 Å². The van der Waals surface area contributed by atoms with Crippen LogP contribution < -0.4 is 10.3 Å². The van der Waals surface area contributed by atoms with Gasteiger partial charge in [0.15, 0.2) is 5.13 Å². The van der Waals surface area contributed by atoms with Crippen molar-refractivity contribution in [1.29, 1.82) is 0 Å². The molecule has 0 saturated carbocycles. The van der Waals surface area contributed by atoms with Crippen LogP contribution in [0.3, 0.4) is 0 Å². The van der Waals surface area contributed by atoms with Gasteiger partial charge in [-0.25, -0.2) is 10.4 Å². The lowest BCUT2D eigenvalue weighted by molar-refractivity contribution is 0.0955. The Balaban J connectivity index is 1.54. The predicted molar refractivity (Wildman–Crippen MR) is 121 cm³/mol. The smallest absolute Gasteiger partial charge is 0.271 e. The molecule has 7 heteroatoms. The van der Waals surface area contributed by atoms with Gasteiger partial charge in [0.2, 0.25) is 0 Å². The first-order valence-electron chi connectivity index (χ1n) is 10.1. The summed E-state index contributed by atoms with van der Waals surface area (Å²) in [6.07, 6.45) is 2.63. The van der Waals surface area contributed by atoms with Gasteiger partial charge in [-0.1, -0.05) is 60.7 Å². The van der Waals surface area contributed by atoms with E-state index < -0.39 is 0 Å². The number of rotatable bonds is 6. The first kappa shape index (κ1) is 20.3. The third-order valence-corrected chi connectivity index (χ3v) is 5.99. The molecule has 2 heterocycles. The zero-order valence-corrected chi connectivity index (χ0v) is 17.7. The predicted octanol–water partition coefficient (Wildman–Crippen LogP) is 3.97. The fraction of sp³-hybridized carbons (Fsp3) is 0.261. The fourth-order valence-corrected chi connectivity index (χ4v) is 4.22. The number of nitrogens with one attached hydrogen (secondary N) is 1. The van der Waals surface area contributed by atoms with Gasteiger partial charge in [0.05, 0.1) is 30.0 Å². The Kier molecular flexibility index (Phi) is 6.51. The number of thiazole rings is 1.